The number of hydrogen-bond acceptors (Lipinski definition) is 0. The lowest BCUT2D eigenvalue weighted by Crippen LogP contribution is -1.92. The maximum Gasteiger partial charge on any atom is 0.255 e. The summed E-state index contributed by atoms with van der Waals surface area (Å²) in [5.41, 5.74) is 0.606. The van der Waals surface area contributed by atoms with Gasteiger partial charge in [-0.05, 0) is 6.92 Å². The van der Waals surface area contributed by atoms with Crippen molar-refractivity contribution in [2.24, 2.45) is 5.92 Å². The minimum atomic E-state index is -2.41. The monoisotopic (exact) mass is 118 g/mol. The molecule has 0 saturated heterocycles. The average Bonchev–Trinajstić information content (AvgIpc) is 2.13. The minimum Gasteiger partial charge on any atom is -0.206 e. The highest BCUT2D eigenvalue weighted by atomic mass is 19.3. The first-order valence-electron chi connectivity index (χ1n) is 2.57. The van der Waals surface area contributed by atoms with Gasteiger partial charge in [0.1, 0.15) is 0 Å². The molecule has 0 N–H and O–H groups in total. The number of hydrogen-bond donors (Lipinski definition) is 0. The van der Waals surface area contributed by atoms with E-state index in [1.807, 2.05) is 0 Å². The summed E-state index contributed by atoms with van der Waals surface area (Å²) in [6, 6.07) is 0. The van der Waals surface area contributed by atoms with Crippen LogP contribution in [0.15, 0.2) is 12.2 Å². The van der Waals surface area contributed by atoms with Crippen LogP contribution >= 0.6 is 0 Å². The predicted molar refractivity (Wildman–Crippen MR) is 27.9 cm³/mol. The maximum atomic E-state index is 12.0. The molecule has 46 valence electrons. The van der Waals surface area contributed by atoms with Crippen LogP contribution in [0.4, 0.5) is 8.78 Å². The Balaban J connectivity index is 2.48. The van der Waals surface area contributed by atoms with Crippen LogP contribution in [0.3, 0.4) is 0 Å². The molecule has 0 aromatic carbocycles. The smallest absolute Gasteiger partial charge is 0.206 e. The van der Waals surface area contributed by atoms with Gasteiger partial charge in [0.15, 0.2) is 0 Å². The van der Waals surface area contributed by atoms with Crippen molar-refractivity contribution >= 4 is 0 Å². The van der Waals surface area contributed by atoms with Crippen molar-refractivity contribution in [1.29, 1.82) is 0 Å². The number of rotatable bonds is 1. The summed E-state index contributed by atoms with van der Waals surface area (Å²) in [4.78, 5) is 0. The molecule has 1 saturated carbocycles. The summed E-state index contributed by atoms with van der Waals surface area (Å²) in [5.74, 6) is -2.92. The predicted octanol–water partition coefficient (Wildman–Crippen LogP) is 2.22. The van der Waals surface area contributed by atoms with Crippen molar-refractivity contribution in [2.75, 3.05) is 0 Å². The molecule has 0 aliphatic heterocycles. The second-order valence-corrected chi connectivity index (χ2v) is 2.36. The molecular weight excluding hydrogens is 110 g/mol. The van der Waals surface area contributed by atoms with Crippen LogP contribution in [0.1, 0.15) is 13.3 Å². The van der Waals surface area contributed by atoms with Gasteiger partial charge in [-0.2, -0.15) is 0 Å². The minimum absolute atomic E-state index is 0.0162. The van der Waals surface area contributed by atoms with Crippen LogP contribution in [0.25, 0.3) is 0 Å². The quantitative estimate of drug-likeness (QED) is 0.463. The lowest BCUT2D eigenvalue weighted by atomic mass is 10.2. The number of allylic oxidation sites excluding steroid dienone is 1. The molecule has 2 heteroatoms. The molecular formula is C6H8F2. The second-order valence-electron chi connectivity index (χ2n) is 2.36. The van der Waals surface area contributed by atoms with E-state index in [4.69, 9.17) is 0 Å². The Hall–Kier alpha value is -0.400. The Morgan fingerprint density at radius 3 is 2.12 bits per heavy atom. The van der Waals surface area contributed by atoms with E-state index in [1.165, 1.54) is 0 Å². The zero-order valence-corrected chi connectivity index (χ0v) is 4.75. The Morgan fingerprint density at radius 1 is 1.75 bits per heavy atom. The molecule has 8 heavy (non-hydrogen) atoms. The van der Waals surface area contributed by atoms with E-state index in [2.05, 4.69) is 6.58 Å². The summed E-state index contributed by atoms with van der Waals surface area (Å²) in [6.45, 7) is 5.08. The fraction of sp³-hybridized carbons (Fsp3) is 0.667. The normalized spacial score (nSPS) is 32.1. The first kappa shape index (κ1) is 5.73. The molecule has 0 aromatic heterocycles. The van der Waals surface area contributed by atoms with Crippen LogP contribution in [0.2, 0.25) is 0 Å². The fourth-order valence-electron chi connectivity index (χ4n) is 0.748. The van der Waals surface area contributed by atoms with E-state index in [0.717, 1.165) is 0 Å². The third-order valence-corrected chi connectivity index (χ3v) is 1.42. The Kier molecular flexibility index (Phi) is 0.934. The van der Waals surface area contributed by atoms with Crippen LogP contribution in [-0.2, 0) is 0 Å². The third-order valence-electron chi connectivity index (χ3n) is 1.42. The summed E-state index contributed by atoms with van der Waals surface area (Å²) >= 11 is 0. The number of alkyl halides is 2. The van der Waals surface area contributed by atoms with E-state index in [-0.39, 0.29) is 6.42 Å². The molecule has 1 atom stereocenters. The average molecular weight is 118 g/mol. The Bertz CT molecular complexity index is 126. The fourth-order valence-corrected chi connectivity index (χ4v) is 0.748. The third kappa shape index (κ3) is 0.746. The molecule has 0 nitrogen and oxygen atoms in total. The van der Waals surface area contributed by atoms with Crippen molar-refractivity contribution in [3.63, 3.8) is 0 Å². The van der Waals surface area contributed by atoms with Gasteiger partial charge in [0.2, 0.25) is 0 Å². The SMILES string of the molecule is C=C(C)C1CC1(F)F. The van der Waals surface area contributed by atoms with Gasteiger partial charge in [-0.15, -0.1) is 0 Å². The summed E-state index contributed by atoms with van der Waals surface area (Å²) in [6.07, 6.45) is 0.0162. The molecule has 0 radical (unpaired) electrons. The maximum absolute atomic E-state index is 12.0. The molecule has 1 aliphatic rings. The largest absolute Gasteiger partial charge is 0.255 e. The first-order chi connectivity index (χ1) is 3.54. The molecule has 1 aliphatic carbocycles. The van der Waals surface area contributed by atoms with E-state index in [9.17, 15) is 8.78 Å². The van der Waals surface area contributed by atoms with Crippen LogP contribution in [0.5, 0.6) is 0 Å². The molecule has 0 aromatic rings. The Labute approximate surface area is 47.2 Å². The van der Waals surface area contributed by atoms with Gasteiger partial charge < -0.3 is 0 Å². The lowest BCUT2D eigenvalue weighted by molar-refractivity contribution is 0.105. The van der Waals surface area contributed by atoms with Crippen molar-refractivity contribution < 1.29 is 8.78 Å². The van der Waals surface area contributed by atoms with E-state index in [1.54, 1.807) is 6.92 Å². The summed E-state index contributed by atoms with van der Waals surface area (Å²) < 4.78 is 24.0. The van der Waals surface area contributed by atoms with Gasteiger partial charge in [0.05, 0.1) is 0 Å². The Morgan fingerprint density at radius 2 is 2.12 bits per heavy atom. The van der Waals surface area contributed by atoms with Crippen molar-refractivity contribution in [2.45, 2.75) is 19.3 Å². The van der Waals surface area contributed by atoms with E-state index >= 15 is 0 Å². The molecule has 1 fully saturated rings. The highest BCUT2D eigenvalue weighted by Gasteiger charge is 2.56. The van der Waals surface area contributed by atoms with Gasteiger partial charge in [-0.3, -0.25) is 0 Å². The molecule has 0 bridgehead atoms. The van der Waals surface area contributed by atoms with Crippen LogP contribution in [0, 0.1) is 5.92 Å². The van der Waals surface area contributed by atoms with Gasteiger partial charge >= 0.3 is 0 Å². The standard InChI is InChI=1S/C6H8F2/c1-4(2)5-3-6(5,7)8/h5H,1,3H2,2H3. The zero-order chi connectivity index (χ0) is 6.36. The molecule has 1 rings (SSSR count). The molecule has 0 spiro atoms. The summed E-state index contributed by atoms with van der Waals surface area (Å²) in [5, 5.41) is 0. The second kappa shape index (κ2) is 1.30. The van der Waals surface area contributed by atoms with Crippen LogP contribution < -0.4 is 0 Å². The van der Waals surface area contributed by atoms with Crippen molar-refractivity contribution in [3.8, 4) is 0 Å². The van der Waals surface area contributed by atoms with E-state index in [0.29, 0.717) is 5.57 Å². The summed E-state index contributed by atoms with van der Waals surface area (Å²) in [7, 11) is 0. The number of halogens is 2. The van der Waals surface area contributed by atoms with Crippen molar-refractivity contribution in [3.05, 3.63) is 12.2 Å². The first-order valence-corrected chi connectivity index (χ1v) is 2.57. The van der Waals surface area contributed by atoms with E-state index < -0.39 is 11.8 Å². The van der Waals surface area contributed by atoms with Crippen LogP contribution in [-0.4, -0.2) is 5.92 Å². The van der Waals surface area contributed by atoms with Gasteiger partial charge in [0.25, 0.3) is 5.92 Å². The molecule has 0 heterocycles. The zero-order valence-electron chi connectivity index (χ0n) is 4.75. The van der Waals surface area contributed by atoms with Gasteiger partial charge in [-0.25, -0.2) is 8.78 Å². The molecule has 1 unspecified atom stereocenters. The topological polar surface area (TPSA) is 0 Å². The van der Waals surface area contributed by atoms with Gasteiger partial charge in [0, 0.05) is 12.3 Å². The van der Waals surface area contributed by atoms with Gasteiger partial charge in [-0.1, -0.05) is 12.2 Å². The highest BCUT2D eigenvalue weighted by Crippen LogP contribution is 2.52. The lowest BCUT2D eigenvalue weighted by Gasteiger charge is -1.91. The molecule has 0 amide bonds. The highest BCUT2D eigenvalue weighted by molar-refractivity contribution is 5.14. The van der Waals surface area contributed by atoms with Crippen molar-refractivity contribution in [1.82, 2.24) is 0 Å².